The molecule has 6 aromatic rings. The van der Waals surface area contributed by atoms with Crippen molar-refractivity contribution in [3.63, 3.8) is 0 Å². The van der Waals surface area contributed by atoms with Crippen LogP contribution in [0.4, 0.5) is 5.69 Å². The number of thiophene rings is 1. The number of hydrogen-bond acceptors (Lipinski definition) is 16. The number of thiazole rings is 1. The molecular formula is C57H68ClN9O10S2. The van der Waals surface area contributed by atoms with E-state index in [9.17, 15) is 24.3 Å². The highest BCUT2D eigenvalue weighted by Crippen LogP contribution is 2.40. The SMILES string of the molecule is Cc1ncsc1-c1ccc(CNC(=O)[C@@H]2C[C@@H](O)CN2C(=O)[C@@H](NC(=O)COCCOCCOCCOCCOc2ccc(NC(=O)C[C@@H]3N=C(c4ccc(Cl)cc4)c4c(sc(C)c4C)-n4c(C)nnc43)cc2)C(C)(C)C)cc1. The van der Waals surface area contributed by atoms with Crippen molar-refractivity contribution in [3.8, 4) is 21.2 Å². The molecule has 0 aliphatic carbocycles. The van der Waals surface area contributed by atoms with Crippen LogP contribution in [0.25, 0.3) is 15.4 Å². The molecule has 2 aliphatic heterocycles. The minimum absolute atomic E-state index is 0.0248. The molecule has 2 aliphatic rings. The largest absolute Gasteiger partial charge is 0.491 e. The molecule has 0 radical (unpaired) electrons. The molecule has 4 N–H and O–H groups in total. The molecule has 420 valence electrons. The lowest BCUT2D eigenvalue weighted by Gasteiger charge is -2.35. The molecule has 0 bridgehead atoms. The van der Waals surface area contributed by atoms with Crippen LogP contribution in [0.5, 0.6) is 5.75 Å². The number of rotatable bonds is 25. The average molecular weight is 1140 g/mol. The molecule has 4 atom stereocenters. The van der Waals surface area contributed by atoms with Gasteiger partial charge < -0.3 is 49.6 Å². The van der Waals surface area contributed by atoms with Crippen molar-refractivity contribution in [2.45, 2.75) is 92.1 Å². The number of β-amino-alcohol motifs (C(OH)–C–C–N with tert-alkyl or cyclic N) is 1. The van der Waals surface area contributed by atoms with E-state index in [1.54, 1.807) is 46.9 Å². The Labute approximate surface area is 473 Å². The lowest BCUT2D eigenvalue weighted by molar-refractivity contribution is -0.144. The summed E-state index contributed by atoms with van der Waals surface area (Å²) in [5.74, 6) is 0.397. The number of amides is 4. The van der Waals surface area contributed by atoms with Gasteiger partial charge in [-0.2, -0.15) is 0 Å². The first-order valence-electron chi connectivity index (χ1n) is 26.2. The third kappa shape index (κ3) is 15.3. The van der Waals surface area contributed by atoms with E-state index in [2.05, 4.69) is 45.0 Å². The summed E-state index contributed by atoms with van der Waals surface area (Å²) in [4.78, 5) is 67.1. The van der Waals surface area contributed by atoms with E-state index in [0.717, 1.165) is 54.9 Å². The normalized spacial score (nSPS) is 16.4. The molecule has 22 heteroatoms. The van der Waals surface area contributed by atoms with Gasteiger partial charge in [0.05, 0.1) is 80.6 Å². The van der Waals surface area contributed by atoms with Crippen molar-refractivity contribution in [2.24, 2.45) is 10.4 Å². The highest BCUT2D eigenvalue weighted by Gasteiger charge is 2.44. The molecular weight excluding hydrogens is 1070 g/mol. The van der Waals surface area contributed by atoms with Gasteiger partial charge in [0.25, 0.3) is 0 Å². The first-order valence-corrected chi connectivity index (χ1v) is 28.3. The molecule has 79 heavy (non-hydrogen) atoms. The number of nitrogens with zero attached hydrogens (tertiary/aromatic N) is 6. The Morgan fingerprint density at radius 1 is 0.810 bits per heavy atom. The first-order chi connectivity index (χ1) is 37.9. The zero-order valence-electron chi connectivity index (χ0n) is 45.5. The summed E-state index contributed by atoms with van der Waals surface area (Å²) in [5, 5.41) is 29.8. The molecule has 1 fully saturated rings. The summed E-state index contributed by atoms with van der Waals surface area (Å²) in [6.07, 6.45) is -0.745. The van der Waals surface area contributed by atoms with Crippen LogP contribution in [0, 0.1) is 33.1 Å². The van der Waals surface area contributed by atoms with Crippen molar-refractivity contribution in [2.75, 3.05) is 71.3 Å². The van der Waals surface area contributed by atoms with E-state index in [1.165, 1.54) is 9.78 Å². The van der Waals surface area contributed by atoms with E-state index in [0.29, 0.717) is 61.9 Å². The molecule has 5 heterocycles. The fourth-order valence-corrected chi connectivity index (χ4v) is 11.3. The van der Waals surface area contributed by atoms with Gasteiger partial charge in [0.1, 0.15) is 47.9 Å². The molecule has 0 saturated carbocycles. The van der Waals surface area contributed by atoms with Crippen molar-refractivity contribution < 1.29 is 48.0 Å². The molecule has 1 saturated heterocycles. The Morgan fingerprint density at radius 3 is 2.10 bits per heavy atom. The maximum atomic E-state index is 14.0. The van der Waals surface area contributed by atoms with Crippen LogP contribution in [0.1, 0.15) is 84.1 Å². The van der Waals surface area contributed by atoms with Gasteiger partial charge in [-0.1, -0.05) is 68.8 Å². The van der Waals surface area contributed by atoms with E-state index >= 15 is 0 Å². The van der Waals surface area contributed by atoms with Crippen LogP contribution in [-0.4, -0.2) is 143 Å². The second-order valence-electron chi connectivity index (χ2n) is 20.4. The van der Waals surface area contributed by atoms with Gasteiger partial charge in [0.15, 0.2) is 5.82 Å². The van der Waals surface area contributed by atoms with Gasteiger partial charge in [-0.3, -0.25) is 28.7 Å². The number of aryl methyl sites for hydroxylation is 3. The summed E-state index contributed by atoms with van der Waals surface area (Å²) in [5.41, 5.74) is 8.40. The van der Waals surface area contributed by atoms with Gasteiger partial charge in [-0.15, -0.1) is 32.9 Å². The Kier molecular flexibility index (Phi) is 20.2. The quantitative estimate of drug-likeness (QED) is 0.0407. The number of aliphatic hydroxyl groups is 1. The van der Waals surface area contributed by atoms with Crippen LogP contribution in [-0.2, 0) is 44.7 Å². The highest BCUT2D eigenvalue weighted by molar-refractivity contribution is 7.15. The number of benzene rings is 3. The molecule has 4 amide bonds. The average Bonchev–Trinajstić information content (AvgIpc) is 4.42. The van der Waals surface area contributed by atoms with E-state index in [1.807, 2.05) is 93.2 Å². The lowest BCUT2D eigenvalue weighted by atomic mass is 9.85. The molecule has 0 spiro atoms. The zero-order chi connectivity index (χ0) is 56.2. The molecule has 3 aromatic heterocycles. The molecule has 19 nitrogen and oxygen atoms in total. The summed E-state index contributed by atoms with van der Waals surface area (Å²) >= 11 is 9.48. The number of aromatic nitrogens is 4. The number of halogens is 1. The number of aliphatic hydroxyl groups excluding tert-OH is 1. The van der Waals surface area contributed by atoms with Crippen LogP contribution < -0.4 is 20.7 Å². The summed E-state index contributed by atoms with van der Waals surface area (Å²) in [7, 11) is 0. The predicted molar refractivity (Wildman–Crippen MR) is 303 cm³/mol. The van der Waals surface area contributed by atoms with Crippen molar-refractivity contribution >= 4 is 69.3 Å². The number of anilines is 1. The maximum absolute atomic E-state index is 14.0. The van der Waals surface area contributed by atoms with Crippen LogP contribution in [0.3, 0.4) is 0 Å². The summed E-state index contributed by atoms with van der Waals surface area (Å²) in [6.45, 7) is 15.8. The van der Waals surface area contributed by atoms with Crippen molar-refractivity contribution in [1.29, 1.82) is 0 Å². The Hall–Kier alpha value is -6.43. The summed E-state index contributed by atoms with van der Waals surface area (Å²) < 4.78 is 30.2. The van der Waals surface area contributed by atoms with Crippen LogP contribution in [0.2, 0.25) is 5.02 Å². The number of nitrogens with one attached hydrogen (secondary N) is 3. The number of ether oxygens (including phenoxy) is 5. The third-order valence-electron chi connectivity index (χ3n) is 13.4. The number of hydrogen-bond donors (Lipinski definition) is 4. The smallest absolute Gasteiger partial charge is 0.246 e. The monoisotopic (exact) mass is 1140 g/mol. The molecule has 3 aromatic carbocycles. The Morgan fingerprint density at radius 2 is 1.46 bits per heavy atom. The van der Waals surface area contributed by atoms with E-state index in [4.69, 9.17) is 40.3 Å². The standard InChI is InChI=1S/C57H68ClN9O10S2/c1-34-36(3)79-56-49(34)50(39-12-14-41(58)15-13-39)62-45(53-65-64-37(4)67(53)56)29-47(69)61-42-16-18-44(19-17-42)77-27-26-75-23-22-73-20-21-74-24-25-76-32-48(70)63-52(57(5,6)7)55(72)66-31-43(68)28-46(66)54(71)59-30-38-8-10-40(11-9-38)51-35(2)60-33-78-51/h8-19,33,43,45-46,52,68H,20-32H2,1-7H3,(H,59,71)(H,61,69)(H,63,70)/t43-,45+,46+,52-/m1/s1. The topological polar surface area (TPSA) is 230 Å². The van der Waals surface area contributed by atoms with Crippen LogP contribution in [0.15, 0.2) is 83.3 Å². The van der Waals surface area contributed by atoms with Gasteiger partial charge in [-0.05, 0) is 86.2 Å². The molecule has 8 rings (SSSR count). The number of likely N-dealkylation sites (tertiary alicyclic amines) is 1. The number of fused-ring (bicyclic) bond motifs is 3. The second kappa shape index (κ2) is 27.2. The van der Waals surface area contributed by atoms with Gasteiger partial charge in [0.2, 0.25) is 23.6 Å². The fourth-order valence-electron chi connectivity index (χ4n) is 9.18. The van der Waals surface area contributed by atoms with E-state index in [-0.39, 0.29) is 57.6 Å². The first kappa shape index (κ1) is 58.7. The Balaban J connectivity index is 0.673. The van der Waals surface area contributed by atoms with Crippen LogP contribution >= 0.6 is 34.3 Å². The maximum Gasteiger partial charge on any atom is 0.246 e. The molecule has 0 unspecified atom stereocenters. The minimum Gasteiger partial charge on any atom is -0.491 e. The highest BCUT2D eigenvalue weighted by atomic mass is 35.5. The summed E-state index contributed by atoms with van der Waals surface area (Å²) in [6, 6.07) is 20.1. The number of aliphatic imine (C=N–C) groups is 1. The predicted octanol–water partition coefficient (Wildman–Crippen LogP) is 7.51. The third-order valence-corrected chi connectivity index (χ3v) is 15.9. The minimum atomic E-state index is -0.976. The second-order valence-corrected chi connectivity index (χ2v) is 22.9. The van der Waals surface area contributed by atoms with Gasteiger partial charge in [0, 0.05) is 46.2 Å². The lowest BCUT2D eigenvalue weighted by Crippen LogP contribution is -2.58. The number of carbonyl (C=O) groups excluding carboxylic acids is 4. The number of carbonyl (C=O) groups is 4. The van der Waals surface area contributed by atoms with Crippen molar-refractivity contribution in [1.82, 2.24) is 35.3 Å². The van der Waals surface area contributed by atoms with Crippen molar-refractivity contribution in [3.05, 3.63) is 128 Å². The van der Waals surface area contributed by atoms with Gasteiger partial charge >= 0.3 is 0 Å². The van der Waals surface area contributed by atoms with Gasteiger partial charge in [-0.25, -0.2) is 4.98 Å². The Bertz CT molecular complexity index is 3080. The fraction of sp³-hybridized carbons (Fsp3) is 0.439. The zero-order valence-corrected chi connectivity index (χ0v) is 47.9. The van der Waals surface area contributed by atoms with E-state index < -0.39 is 41.5 Å².